The van der Waals surface area contributed by atoms with Gasteiger partial charge in [0.15, 0.2) is 0 Å². The van der Waals surface area contributed by atoms with E-state index in [-0.39, 0.29) is 0 Å². The van der Waals surface area contributed by atoms with E-state index in [1.165, 1.54) is 51.5 Å². The highest BCUT2D eigenvalue weighted by atomic mass is 14.8. The molecule has 0 aromatic carbocycles. The third-order valence-corrected chi connectivity index (χ3v) is 4.67. The predicted octanol–water partition coefficient (Wildman–Crippen LogP) is 3.20. The van der Waals surface area contributed by atoms with Crippen molar-refractivity contribution in [1.82, 2.24) is 5.32 Å². The fourth-order valence-corrected chi connectivity index (χ4v) is 3.10. The second-order valence-electron chi connectivity index (χ2n) is 5.76. The van der Waals surface area contributed by atoms with Crippen molar-refractivity contribution in [3.05, 3.63) is 0 Å². The van der Waals surface area contributed by atoms with Gasteiger partial charge in [-0.25, -0.2) is 0 Å². The lowest BCUT2D eigenvalue weighted by molar-refractivity contribution is 0.194. The molecule has 1 heteroatoms. The minimum atomic E-state index is 0.786. The van der Waals surface area contributed by atoms with E-state index in [9.17, 15) is 0 Å². The van der Waals surface area contributed by atoms with Gasteiger partial charge in [0.1, 0.15) is 0 Å². The van der Waals surface area contributed by atoms with Crippen LogP contribution in [0.2, 0.25) is 0 Å². The van der Waals surface area contributed by atoms with Crippen molar-refractivity contribution in [3.8, 4) is 0 Å². The first-order valence-electron chi connectivity index (χ1n) is 6.39. The summed E-state index contributed by atoms with van der Waals surface area (Å²) in [5, 5.41) is 3.27. The van der Waals surface area contributed by atoms with Crippen LogP contribution in [0.5, 0.6) is 0 Å². The fourth-order valence-electron chi connectivity index (χ4n) is 3.10. The Labute approximate surface area is 88.7 Å². The predicted molar refractivity (Wildman–Crippen MR) is 61.3 cm³/mol. The van der Waals surface area contributed by atoms with Gasteiger partial charge >= 0.3 is 0 Å². The third kappa shape index (κ3) is 2.31. The summed E-state index contributed by atoms with van der Waals surface area (Å²) in [6.45, 7) is 3.72. The Bertz CT molecular complexity index is 176. The maximum atomic E-state index is 3.27. The standard InChI is InChI=1S/C13H25N/c1-13(8-9-13)12-5-3-11(4-6-12)7-10-14-2/h11-12,14H,3-10H2,1-2H3. The van der Waals surface area contributed by atoms with Gasteiger partial charge in [0.05, 0.1) is 0 Å². The summed E-state index contributed by atoms with van der Waals surface area (Å²) >= 11 is 0. The molecule has 0 heterocycles. The van der Waals surface area contributed by atoms with Gasteiger partial charge in [0.2, 0.25) is 0 Å². The number of rotatable bonds is 4. The zero-order chi connectivity index (χ0) is 10.0. The van der Waals surface area contributed by atoms with Crippen molar-refractivity contribution in [2.75, 3.05) is 13.6 Å². The normalized spacial score (nSPS) is 35.6. The van der Waals surface area contributed by atoms with Crippen molar-refractivity contribution in [1.29, 1.82) is 0 Å². The van der Waals surface area contributed by atoms with E-state index in [1.54, 1.807) is 0 Å². The van der Waals surface area contributed by atoms with E-state index in [4.69, 9.17) is 0 Å². The maximum absolute atomic E-state index is 3.27. The van der Waals surface area contributed by atoms with E-state index >= 15 is 0 Å². The molecular weight excluding hydrogens is 170 g/mol. The zero-order valence-electron chi connectivity index (χ0n) is 9.81. The van der Waals surface area contributed by atoms with Gasteiger partial charge in [-0.3, -0.25) is 0 Å². The van der Waals surface area contributed by atoms with Crippen LogP contribution in [0.4, 0.5) is 0 Å². The van der Waals surface area contributed by atoms with Crippen molar-refractivity contribution >= 4 is 0 Å². The average Bonchev–Trinajstić information content (AvgIpc) is 2.96. The zero-order valence-corrected chi connectivity index (χ0v) is 9.81. The highest BCUT2D eigenvalue weighted by molar-refractivity contribution is 4.96. The number of hydrogen-bond donors (Lipinski definition) is 1. The van der Waals surface area contributed by atoms with Crippen LogP contribution >= 0.6 is 0 Å². The molecule has 0 unspecified atom stereocenters. The second-order valence-corrected chi connectivity index (χ2v) is 5.76. The van der Waals surface area contributed by atoms with Gasteiger partial charge in [0, 0.05) is 0 Å². The molecule has 2 saturated carbocycles. The summed E-state index contributed by atoms with van der Waals surface area (Å²) < 4.78 is 0. The van der Waals surface area contributed by atoms with Gasteiger partial charge in [-0.2, -0.15) is 0 Å². The highest BCUT2D eigenvalue weighted by Crippen LogP contribution is 2.56. The molecule has 0 radical (unpaired) electrons. The van der Waals surface area contributed by atoms with Crippen LogP contribution < -0.4 is 5.32 Å². The SMILES string of the molecule is CNCCC1CCC(C2(C)CC2)CC1. The summed E-state index contributed by atoms with van der Waals surface area (Å²) in [5.41, 5.74) is 0.786. The number of nitrogens with one attached hydrogen (secondary N) is 1. The van der Waals surface area contributed by atoms with Gasteiger partial charge < -0.3 is 5.32 Å². The maximum Gasteiger partial charge on any atom is -0.00493 e. The van der Waals surface area contributed by atoms with Crippen molar-refractivity contribution in [2.45, 2.75) is 51.9 Å². The Kier molecular flexibility index (Phi) is 3.16. The largest absolute Gasteiger partial charge is 0.320 e. The Hall–Kier alpha value is -0.0400. The lowest BCUT2D eigenvalue weighted by atomic mass is 9.74. The van der Waals surface area contributed by atoms with E-state index in [0.29, 0.717) is 0 Å². The lowest BCUT2D eigenvalue weighted by Gasteiger charge is -2.32. The van der Waals surface area contributed by atoms with Crippen molar-refractivity contribution < 1.29 is 0 Å². The summed E-state index contributed by atoms with van der Waals surface area (Å²) in [7, 11) is 2.07. The molecule has 1 nitrogen and oxygen atoms in total. The van der Waals surface area contributed by atoms with Gasteiger partial charge in [0.25, 0.3) is 0 Å². The Balaban J connectivity index is 1.70. The van der Waals surface area contributed by atoms with E-state index in [0.717, 1.165) is 17.3 Å². The molecule has 14 heavy (non-hydrogen) atoms. The molecular formula is C13H25N. The summed E-state index contributed by atoms with van der Waals surface area (Å²) in [5.74, 6) is 2.11. The van der Waals surface area contributed by atoms with E-state index in [2.05, 4.69) is 19.3 Å². The van der Waals surface area contributed by atoms with Gasteiger partial charge in [-0.1, -0.05) is 19.8 Å². The highest BCUT2D eigenvalue weighted by Gasteiger charge is 2.45. The molecule has 82 valence electrons. The molecule has 0 aromatic heterocycles. The summed E-state index contributed by atoms with van der Waals surface area (Å²) in [6.07, 6.45) is 10.5. The molecule has 0 atom stereocenters. The van der Waals surface area contributed by atoms with E-state index < -0.39 is 0 Å². The van der Waals surface area contributed by atoms with E-state index in [1.807, 2.05) is 0 Å². The Morgan fingerprint density at radius 3 is 2.29 bits per heavy atom. The molecule has 2 aliphatic carbocycles. The Morgan fingerprint density at radius 2 is 1.79 bits per heavy atom. The first-order chi connectivity index (χ1) is 6.74. The minimum Gasteiger partial charge on any atom is -0.320 e. The van der Waals surface area contributed by atoms with Crippen LogP contribution in [-0.2, 0) is 0 Å². The quantitative estimate of drug-likeness (QED) is 0.726. The molecule has 2 aliphatic rings. The first-order valence-corrected chi connectivity index (χ1v) is 6.39. The molecule has 2 rings (SSSR count). The topological polar surface area (TPSA) is 12.0 Å². The Morgan fingerprint density at radius 1 is 1.14 bits per heavy atom. The monoisotopic (exact) mass is 195 g/mol. The molecule has 0 aliphatic heterocycles. The fraction of sp³-hybridized carbons (Fsp3) is 1.00. The first kappa shape index (κ1) is 10.5. The van der Waals surface area contributed by atoms with Crippen molar-refractivity contribution in [3.63, 3.8) is 0 Å². The molecule has 0 saturated heterocycles. The van der Waals surface area contributed by atoms with Crippen LogP contribution in [0, 0.1) is 17.3 Å². The molecule has 1 N–H and O–H groups in total. The minimum absolute atomic E-state index is 0.786. The molecule has 0 bridgehead atoms. The lowest BCUT2D eigenvalue weighted by Crippen LogP contribution is -2.23. The second kappa shape index (κ2) is 4.22. The summed E-state index contributed by atoms with van der Waals surface area (Å²) in [6, 6.07) is 0. The van der Waals surface area contributed by atoms with Crippen LogP contribution in [-0.4, -0.2) is 13.6 Å². The average molecular weight is 195 g/mol. The molecule has 0 amide bonds. The summed E-state index contributed by atoms with van der Waals surface area (Å²) in [4.78, 5) is 0. The smallest absolute Gasteiger partial charge is 0.00493 e. The molecule has 0 aromatic rings. The third-order valence-electron chi connectivity index (χ3n) is 4.67. The van der Waals surface area contributed by atoms with Gasteiger partial charge in [-0.15, -0.1) is 0 Å². The van der Waals surface area contributed by atoms with Gasteiger partial charge in [-0.05, 0) is 62.9 Å². The van der Waals surface area contributed by atoms with Crippen LogP contribution in [0.3, 0.4) is 0 Å². The number of hydrogen-bond acceptors (Lipinski definition) is 1. The molecule has 2 fully saturated rings. The van der Waals surface area contributed by atoms with Crippen LogP contribution in [0.15, 0.2) is 0 Å². The van der Waals surface area contributed by atoms with Crippen LogP contribution in [0.25, 0.3) is 0 Å². The van der Waals surface area contributed by atoms with Crippen LogP contribution in [0.1, 0.15) is 51.9 Å². The molecule has 0 spiro atoms. The van der Waals surface area contributed by atoms with Crippen molar-refractivity contribution in [2.24, 2.45) is 17.3 Å².